The first-order chi connectivity index (χ1) is 13.3. The number of rotatable bonds is 5. The molecule has 0 amide bonds. The van der Waals surface area contributed by atoms with Crippen molar-refractivity contribution in [3.63, 3.8) is 0 Å². The van der Waals surface area contributed by atoms with Gasteiger partial charge in [0.25, 0.3) is 5.69 Å². The topological polar surface area (TPSA) is 126 Å². The quantitative estimate of drug-likeness (QED) is 0.226. The summed E-state index contributed by atoms with van der Waals surface area (Å²) in [6, 6.07) is 8.00. The molecule has 0 saturated heterocycles. The van der Waals surface area contributed by atoms with E-state index in [-0.39, 0.29) is 23.5 Å². The number of non-ortho nitro benzene ring substituents is 1. The fourth-order valence-corrected chi connectivity index (χ4v) is 3.03. The van der Waals surface area contributed by atoms with Crippen LogP contribution < -0.4 is 11.4 Å². The average Bonchev–Trinajstić information content (AvgIpc) is 2.65. The lowest BCUT2D eigenvalue weighted by atomic mass is 10.1. The van der Waals surface area contributed by atoms with Crippen LogP contribution in [0.25, 0.3) is 11.0 Å². The van der Waals surface area contributed by atoms with Crippen molar-refractivity contribution in [3.05, 3.63) is 78.6 Å². The number of nitro groups is 1. The number of anilines is 1. The maximum Gasteiger partial charge on any atom is 0.340 e. The molecule has 0 unspecified atom stereocenters. The van der Waals surface area contributed by atoms with Crippen molar-refractivity contribution in [3.8, 4) is 0 Å². The number of carbonyl (C=O) groups is 1. The monoisotopic (exact) mass is 402 g/mol. The molecule has 0 aliphatic heterocycles. The molecule has 2 N–H and O–H groups in total. The SMILES string of the molecule is CCc1cc2oc(=O)cc(COC(=O)c3cc([N+](=O)[O-])ccc3N)c2cc1Cl. The summed E-state index contributed by atoms with van der Waals surface area (Å²) in [7, 11) is 0. The summed E-state index contributed by atoms with van der Waals surface area (Å²) < 4.78 is 10.4. The van der Waals surface area contributed by atoms with Gasteiger partial charge in [0.15, 0.2) is 0 Å². The number of hydrogen-bond acceptors (Lipinski definition) is 7. The summed E-state index contributed by atoms with van der Waals surface area (Å²) >= 11 is 6.23. The lowest BCUT2D eigenvalue weighted by molar-refractivity contribution is -0.384. The number of nitrogen functional groups attached to an aromatic ring is 1. The van der Waals surface area contributed by atoms with Crippen LogP contribution in [0.4, 0.5) is 11.4 Å². The van der Waals surface area contributed by atoms with Gasteiger partial charge in [-0.05, 0) is 30.2 Å². The van der Waals surface area contributed by atoms with Crippen molar-refractivity contribution >= 4 is 39.9 Å². The summed E-state index contributed by atoms with van der Waals surface area (Å²) in [6.07, 6.45) is 0.657. The second kappa shape index (κ2) is 7.69. The van der Waals surface area contributed by atoms with Crippen LogP contribution in [-0.4, -0.2) is 10.9 Å². The van der Waals surface area contributed by atoms with Gasteiger partial charge in [0, 0.05) is 39.9 Å². The van der Waals surface area contributed by atoms with E-state index < -0.39 is 16.5 Å². The van der Waals surface area contributed by atoms with E-state index in [2.05, 4.69) is 0 Å². The molecule has 0 bridgehead atoms. The minimum absolute atomic E-state index is 0.0451. The number of fused-ring (bicyclic) bond motifs is 1. The summed E-state index contributed by atoms with van der Waals surface area (Å²) in [5.74, 6) is -0.848. The molecular weight excluding hydrogens is 388 g/mol. The van der Waals surface area contributed by atoms with Crippen molar-refractivity contribution < 1.29 is 18.9 Å². The summed E-state index contributed by atoms with van der Waals surface area (Å²) in [5, 5.41) is 11.9. The largest absolute Gasteiger partial charge is 0.457 e. The Morgan fingerprint density at radius 3 is 2.68 bits per heavy atom. The van der Waals surface area contributed by atoms with Crippen LogP contribution in [0.1, 0.15) is 28.4 Å². The van der Waals surface area contributed by atoms with Gasteiger partial charge in [-0.25, -0.2) is 9.59 Å². The number of nitro benzene ring substituents is 1. The van der Waals surface area contributed by atoms with Crippen molar-refractivity contribution in [2.45, 2.75) is 20.0 Å². The first kappa shape index (κ1) is 19.4. The van der Waals surface area contributed by atoms with Gasteiger partial charge in [0.1, 0.15) is 12.2 Å². The fraction of sp³-hybridized carbons (Fsp3) is 0.158. The van der Waals surface area contributed by atoms with Gasteiger partial charge in [-0.1, -0.05) is 18.5 Å². The van der Waals surface area contributed by atoms with Crippen LogP contribution in [0.2, 0.25) is 5.02 Å². The van der Waals surface area contributed by atoms with Gasteiger partial charge in [-0.2, -0.15) is 0 Å². The Morgan fingerprint density at radius 1 is 1.25 bits per heavy atom. The number of hydrogen-bond donors (Lipinski definition) is 1. The molecule has 3 rings (SSSR count). The van der Waals surface area contributed by atoms with Crippen LogP contribution in [0.15, 0.2) is 45.6 Å². The third-order valence-electron chi connectivity index (χ3n) is 4.20. The molecule has 28 heavy (non-hydrogen) atoms. The molecule has 2 aromatic carbocycles. The molecule has 8 nitrogen and oxygen atoms in total. The predicted molar refractivity (Wildman–Crippen MR) is 104 cm³/mol. The summed E-state index contributed by atoms with van der Waals surface area (Å²) in [6.45, 7) is 1.66. The third kappa shape index (κ3) is 3.81. The van der Waals surface area contributed by atoms with Crippen LogP contribution in [0.3, 0.4) is 0 Å². The van der Waals surface area contributed by atoms with Gasteiger partial charge < -0.3 is 14.9 Å². The molecule has 0 aliphatic rings. The van der Waals surface area contributed by atoms with Gasteiger partial charge >= 0.3 is 11.6 Å². The van der Waals surface area contributed by atoms with Crippen molar-refractivity contribution in [1.82, 2.24) is 0 Å². The molecule has 1 aromatic heterocycles. The average molecular weight is 403 g/mol. The number of nitrogens with two attached hydrogens (primary N) is 1. The molecule has 0 aliphatic carbocycles. The Kier molecular flexibility index (Phi) is 5.32. The number of aryl methyl sites for hydroxylation is 1. The normalized spacial score (nSPS) is 10.8. The van der Waals surface area contributed by atoms with E-state index >= 15 is 0 Å². The first-order valence-corrected chi connectivity index (χ1v) is 8.64. The van der Waals surface area contributed by atoms with Gasteiger partial charge in [0.2, 0.25) is 0 Å². The molecule has 0 atom stereocenters. The zero-order valence-corrected chi connectivity index (χ0v) is 15.5. The van der Waals surface area contributed by atoms with Crippen LogP contribution >= 0.6 is 11.6 Å². The minimum atomic E-state index is -0.848. The lowest BCUT2D eigenvalue weighted by Crippen LogP contribution is -2.10. The number of halogens is 1. The molecule has 144 valence electrons. The molecule has 3 aromatic rings. The minimum Gasteiger partial charge on any atom is -0.457 e. The standard InChI is InChI=1S/C19H15ClN2O6/c1-2-10-5-17-13(8-15(10)20)11(6-18(23)28-17)9-27-19(24)14-7-12(22(25)26)3-4-16(14)21/h3-8H,2,9,21H2,1H3. The molecule has 9 heteroatoms. The molecule has 0 saturated carbocycles. The predicted octanol–water partition coefficient (Wildman–Crippen LogP) is 3.86. The number of carbonyl (C=O) groups excluding carboxylic acids is 1. The smallest absolute Gasteiger partial charge is 0.340 e. The van der Waals surface area contributed by atoms with Gasteiger partial charge in [0.05, 0.1) is 10.5 Å². The second-order valence-electron chi connectivity index (χ2n) is 5.99. The number of benzene rings is 2. The Morgan fingerprint density at radius 2 is 2.00 bits per heavy atom. The molecule has 1 heterocycles. The van der Waals surface area contributed by atoms with E-state index in [9.17, 15) is 19.7 Å². The number of ether oxygens (including phenoxy) is 1. The van der Waals surface area contributed by atoms with E-state index in [1.807, 2.05) is 6.92 Å². The van der Waals surface area contributed by atoms with Crippen LogP contribution in [0, 0.1) is 10.1 Å². The van der Waals surface area contributed by atoms with Crippen LogP contribution in [-0.2, 0) is 17.8 Å². The van der Waals surface area contributed by atoms with Gasteiger partial charge in [-0.3, -0.25) is 10.1 Å². The Labute approximate surface area is 163 Å². The van der Waals surface area contributed by atoms with Crippen LogP contribution in [0.5, 0.6) is 0 Å². The maximum atomic E-state index is 12.3. The van der Waals surface area contributed by atoms with E-state index in [0.717, 1.165) is 11.6 Å². The zero-order valence-electron chi connectivity index (χ0n) is 14.7. The molecule has 0 fully saturated rings. The summed E-state index contributed by atoms with van der Waals surface area (Å²) in [5.41, 5.74) is 6.29. The number of nitrogens with zero attached hydrogens (tertiary/aromatic N) is 1. The Bertz CT molecular complexity index is 1160. The van der Waals surface area contributed by atoms with Crippen molar-refractivity contribution in [1.29, 1.82) is 0 Å². The highest BCUT2D eigenvalue weighted by Crippen LogP contribution is 2.27. The van der Waals surface area contributed by atoms with Crippen molar-refractivity contribution in [2.75, 3.05) is 5.73 Å². The molecule has 0 radical (unpaired) electrons. The van der Waals surface area contributed by atoms with E-state index in [4.69, 9.17) is 26.5 Å². The highest BCUT2D eigenvalue weighted by Gasteiger charge is 2.18. The van der Waals surface area contributed by atoms with Gasteiger partial charge in [-0.15, -0.1) is 0 Å². The lowest BCUT2D eigenvalue weighted by Gasteiger charge is -2.10. The molecular formula is C19H15ClN2O6. The zero-order chi connectivity index (χ0) is 20.4. The molecule has 0 spiro atoms. The Balaban J connectivity index is 1.93. The van der Waals surface area contributed by atoms with E-state index in [1.54, 1.807) is 12.1 Å². The van der Waals surface area contributed by atoms with E-state index in [0.29, 0.717) is 28.0 Å². The Hall–Kier alpha value is -3.39. The highest BCUT2D eigenvalue weighted by molar-refractivity contribution is 6.32. The maximum absolute atomic E-state index is 12.3. The number of esters is 1. The highest BCUT2D eigenvalue weighted by atomic mass is 35.5. The fourth-order valence-electron chi connectivity index (χ4n) is 2.73. The van der Waals surface area contributed by atoms with Crippen molar-refractivity contribution in [2.24, 2.45) is 0 Å². The summed E-state index contributed by atoms with van der Waals surface area (Å²) in [4.78, 5) is 34.4. The van der Waals surface area contributed by atoms with E-state index in [1.165, 1.54) is 18.2 Å². The second-order valence-corrected chi connectivity index (χ2v) is 6.40. The third-order valence-corrected chi connectivity index (χ3v) is 4.56. The first-order valence-electron chi connectivity index (χ1n) is 8.26.